The maximum Gasteiger partial charge on any atom is 0.328 e. The lowest BCUT2D eigenvalue weighted by molar-refractivity contribution is -0.172. The Morgan fingerprint density at radius 2 is 1.56 bits per heavy atom. The molecule has 5 nitrogen and oxygen atoms in total. The summed E-state index contributed by atoms with van der Waals surface area (Å²) in [6, 6.07) is -0.641. The monoisotopic (exact) mass is 698 g/mol. The molecule has 3 saturated carbocycles. The maximum atomic E-state index is 14.0. The fourth-order valence-corrected chi connectivity index (χ4v) is 11.6. The molecule has 0 heterocycles. The van der Waals surface area contributed by atoms with Crippen LogP contribution in [0.2, 0.25) is 0 Å². The fourth-order valence-electron chi connectivity index (χ4n) is 11.6. The van der Waals surface area contributed by atoms with E-state index in [-0.39, 0.29) is 29.3 Å². The summed E-state index contributed by atoms with van der Waals surface area (Å²) in [6.45, 7) is 18.7. The molecule has 0 aliphatic heterocycles. The van der Waals surface area contributed by atoms with Crippen LogP contribution < -0.4 is 5.32 Å². The van der Waals surface area contributed by atoms with E-state index in [1.165, 1.54) is 95.5 Å². The van der Waals surface area contributed by atoms with Crippen molar-refractivity contribution < 1.29 is 19.4 Å². The number of ether oxygens (including phenoxy) is 1. The van der Waals surface area contributed by atoms with Crippen molar-refractivity contribution in [2.75, 3.05) is 0 Å². The highest BCUT2D eigenvalue weighted by molar-refractivity contribution is 5.84. The molecular formula is C45H79NO4. The van der Waals surface area contributed by atoms with Crippen molar-refractivity contribution in [3.05, 3.63) is 11.6 Å². The van der Waals surface area contributed by atoms with Crippen LogP contribution in [0.4, 0.5) is 0 Å². The van der Waals surface area contributed by atoms with Crippen LogP contribution in [0.5, 0.6) is 0 Å². The van der Waals surface area contributed by atoms with Crippen LogP contribution in [-0.4, -0.2) is 35.2 Å². The molecule has 10 atom stereocenters. The SMILES string of the molecule is CCCCCCCCCCCC(=O)N[C@@H](CC(C)C)C(=O)OC1C[C@H](O)CC2=CC[C@H]3[C@@H]4CC[C@H]([C@H](C)CCCC(C)C)[C@@]4(C)CC[C@@H]3[C@]21C. The van der Waals surface area contributed by atoms with Crippen molar-refractivity contribution in [1.29, 1.82) is 0 Å². The normalized spacial score (nSPS) is 33.3. The van der Waals surface area contributed by atoms with Crippen molar-refractivity contribution in [2.24, 2.45) is 52.3 Å². The van der Waals surface area contributed by atoms with E-state index in [0.717, 1.165) is 37.0 Å². The second-order valence-corrected chi connectivity index (χ2v) is 19.0. The number of amides is 1. The lowest BCUT2D eigenvalue weighted by atomic mass is 9.46. The first-order valence-electron chi connectivity index (χ1n) is 21.7. The van der Waals surface area contributed by atoms with Gasteiger partial charge in [-0.3, -0.25) is 4.79 Å². The highest BCUT2D eigenvalue weighted by atomic mass is 16.5. The molecule has 288 valence electrons. The van der Waals surface area contributed by atoms with Crippen LogP contribution in [0.25, 0.3) is 0 Å². The summed E-state index contributed by atoms with van der Waals surface area (Å²) in [5.41, 5.74) is 1.44. The van der Waals surface area contributed by atoms with Gasteiger partial charge in [0.2, 0.25) is 5.91 Å². The second kappa shape index (κ2) is 19.1. The molecule has 0 aromatic carbocycles. The molecule has 0 aromatic heterocycles. The number of aliphatic hydroxyl groups is 1. The van der Waals surface area contributed by atoms with Crippen LogP contribution in [0.3, 0.4) is 0 Å². The number of allylic oxidation sites excluding steroid dienone is 1. The lowest BCUT2D eigenvalue weighted by Crippen LogP contribution is -2.57. The molecule has 1 amide bonds. The molecule has 0 bridgehead atoms. The average molecular weight is 698 g/mol. The van der Waals surface area contributed by atoms with Crippen molar-refractivity contribution in [1.82, 2.24) is 5.32 Å². The first-order valence-corrected chi connectivity index (χ1v) is 21.7. The van der Waals surface area contributed by atoms with Crippen LogP contribution in [-0.2, 0) is 14.3 Å². The van der Waals surface area contributed by atoms with Crippen molar-refractivity contribution >= 4 is 11.9 Å². The number of fused-ring (bicyclic) bond motifs is 5. The molecule has 4 rings (SSSR count). The Balaban J connectivity index is 1.39. The van der Waals surface area contributed by atoms with Crippen LogP contribution >= 0.6 is 0 Å². The van der Waals surface area contributed by atoms with Gasteiger partial charge in [-0.1, -0.05) is 138 Å². The number of hydrogen-bond acceptors (Lipinski definition) is 4. The lowest BCUT2D eigenvalue weighted by Gasteiger charge is -2.60. The third-order valence-electron chi connectivity index (χ3n) is 14.4. The van der Waals surface area contributed by atoms with Gasteiger partial charge >= 0.3 is 5.97 Å². The molecule has 0 aromatic rings. The number of hydrogen-bond donors (Lipinski definition) is 2. The third-order valence-corrected chi connectivity index (χ3v) is 14.4. The van der Waals surface area contributed by atoms with Crippen molar-refractivity contribution in [2.45, 2.75) is 208 Å². The van der Waals surface area contributed by atoms with Gasteiger partial charge in [-0.25, -0.2) is 4.79 Å². The number of unbranched alkanes of at least 4 members (excludes halogenated alkanes) is 8. The van der Waals surface area contributed by atoms with Gasteiger partial charge in [-0.15, -0.1) is 0 Å². The van der Waals surface area contributed by atoms with E-state index >= 15 is 0 Å². The summed E-state index contributed by atoms with van der Waals surface area (Å²) >= 11 is 0. The Morgan fingerprint density at radius 3 is 2.22 bits per heavy atom. The Bertz CT molecular complexity index is 1100. The van der Waals surface area contributed by atoms with Crippen LogP contribution in [0.15, 0.2) is 11.6 Å². The third kappa shape index (κ3) is 10.2. The standard InChI is InChI=1S/C45H79NO4/c1-9-10-11-12-13-14-15-16-17-21-42(48)46-40(28-32(4)5)43(49)50-41-30-35(47)29-34-22-23-36-38-25-24-37(33(6)20-18-19-31(2)3)44(38,7)27-26-39(36)45(34,41)8/h22,31-33,35-41,47H,9-21,23-30H2,1-8H3,(H,46,48)/t33-,35-,36+,37-,38+,39+,40+,41?,44-,45+/m1/s1. The molecule has 2 N–H and O–H groups in total. The summed E-state index contributed by atoms with van der Waals surface area (Å²) in [5.74, 6) is 4.05. The predicted octanol–water partition coefficient (Wildman–Crippen LogP) is 11.4. The Labute approximate surface area is 308 Å². The Morgan fingerprint density at radius 1 is 0.880 bits per heavy atom. The number of nitrogens with one attached hydrogen (secondary N) is 1. The van der Waals surface area contributed by atoms with Crippen molar-refractivity contribution in [3.8, 4) is 0 Å². The molecule has 0 radical (unpaired) electrons. The molecule has 5 heteroatoms. The number of carbonyl (C=O) groups is 2. The van der Waals surface area contributed by atoms with Gasteiger partial charge in [0.1, 0.15) is 12.1 Å². The van der Waals surface area contributed by atoms with E-state index in [9.17, 15) is 14.7 Å². The number of aliphatic hydroxyl groups excluding tert-OH is 1. The zero-order chi connectivity index (χ0) is 36.5. The van der Waals surface area contributed by atoms with E-state index in [0.29, 0.717) is 48.9 Å². The second-order valence-electron chi connectivity index (χ2n) is 19.0. The fraction of sp³-hybridized carbons (Fsp3) is 0.911. The first-order chi connectivity index (χ1) is 23.8. The average Bonchev–Trinajstić information content (AvgIpc) is 3.41. The van der Waals surface area contributed by atoms with Gasteiger partial charge in [0.25, 0.3) is 0 Å². The van der Waals surface area contributed by atoms with E-state index in [1.807, 2.05) is 0 Å². The molecule has 4 aliphatic rings. The number of rotatable bonds is 20. The van der Waals surface area contributed by atoms with E-state index < -0.39 is 12.1 Å². The minimum absolute atomic E-state index is 0.0375. The molecule has 0 spiro atoms. The molecular weight excluding hydrogens is 618 g/mol. The number of esters is 1. The minimum Gasteiger partial charge on any atom is -0.460 e. The summed E-state index contributed by atoms with van der Waals surface area (Å²) in [6.07, 6.45) is 25.0. The van der Waals surface area contributed by atoms with Crippen LogP contribution in [0, 0.1) is 52.3 Å². The van der Waals surface area contributed by atoms with E-state index in [4.69, 9.17) is 4.74 Å². The summed E-state index contributed by atoms with van der Waals surface area (Å²) < 4.78 is 6.55. The largest absolute Gasteiger partial charge is 0.460 e. The van der Waals surface area contributed by atoms with E-state index in [1.54, 1.807) is 0 Å². The van der Waals surface area contributed by atoms with Gasteiger partial charge in [0, 0.05) is 18.3 Å². The van der Waals surface area contributed by atoms with Gasteiger partial charge in [0.15, 0.2) is 0 Å². The minimum atomic E-state index is -0.641. The number of carbonyl (C=O) groups excluding carboxylic acids is 2. The summed E-state index contributed by atoms with van der Waals surface area (Å²) in [4.78, 5) is 27.1. The predicted molar refractivity (Wildman–Crippen MR) is 208 cm³/mol. The highest BCUT2D eigenvalue weighted by Gasteiger charge is 2.62. The highest BCUT2D eigenvalue weighted by Crippen LogP contribution is 2.67. The zero-order valence-corrected chi connectivity index (χ0v) is 33.9. The molecule has 4 aliphatic carbocycles. The van der Waals surface area contributed by atoms with Gasteiger partial charge in [-0.05, 0) is 98.2 Å². The summed E-state index contributed by atoms with van der Waals surface area (Å²) in [7, 11) is 0. The smallest absolute Gasteiger partial charge is 0.328 e. The molecule has 0 saturated heterocycles. The first kappa shape index (κ1) is 41.4. The Hall–Kier alpha value is -1.36. The molecule has 3 fully saturated rings. The Kier molecular flexibility index (Phi) is 15.8. The maximum absolute atomic E-state index is 14.0. The van der Waals surface area contributed by atoms with E-state index in [2.05, 4.69) is 66.8 Å². The van der Waals surface area contributed by atoms with Gasteiger partial charge < -0.3 is 15.2 Å². The quantitative estimate of drug-likeness (QED) is 0.0754. The molecule has 1 unspecified atom stereocenters. The van der Waals surface area contributed by atoms with Gasteiger partial charge in [0.05, 0.1) is 6.10 Å². The van der Waals surface area contributed by atoms with Gasteiger partial charge in [-0.2, -0.15) is 0 Å². The van der Waals surface area contributed by atoms with Crippen LogP contribution in [0.1, 0.15) is 190 Å². The van der Waals surface area contributed by atoms with Crippen molar-refractivity contribution in [3.63, 3.8) is 0 Å². The zero-order valence-electron chi connectivity index (χ0n) is 33.9. The molecule has 50 heavy (non-hydrogen) atoms. The summed E-state index contributed by atoms with van der Waals surface area (Å²) in [5, 5.41) is 14.2. The topological polar surface area (TPSA) is 75.6 Å².